The van der Waals surface area contributed by atoms with E-state index in [1.54, 1.807) is 51.1 Å². The van der Waals surface area contributed by atoms with Crippen molar-refractivity contribution in [3.63, 3.8) is 0 Å². The van der Waals surface area contributed by atoms with Crippen molar-refractivity contribution in [2.24, 2.45) is 11.3 Å². The highest BCUT2D eigenvalue weighted by Crippen LogP contribution is 2.40. The molecule has 1 aliphatic rings. The molecule has 262 valence electrons. The summed E-state index contributed by atoms with van der Waals surface area (Å²) in [4.78, 5) is 68.5. The summed E-state index contributed by atoms with van der Waals surface area (Å²) in [5.74, 6) is -2.19. The van der Waals surface area contributed by atoms with Gasteiger partial charge in [-0.05, 0) is 42.7 Å². The van der Waals surface area contributed by atoms with Gasteiger partial charge in [-0.25, -0.2) is 0 Å². The molecule has 5 amide bonds. The van der Waals surface area contributed by atoms with Crippen LogP contribution in [0.15, 0.2) is 60.7 Å². The van der Waals surface area contributed by atoms with Crippen molar-refractivity contribution >= 4 is 41.3 Å². The van der Waals surface area contributed by atoms with Crippen molar-refractivity contribution in [2.45, 2.75) is 96.8 Å². The Morgan fingerprint density at radius 2 is 1.50 bits per heavy atom. The van der Waals surface area contributed by atoms with Crippen LogP contribution in [0.4, 0.5) is 0 Å². The van der Waals surface area contributed by atoms with Gasteiger partial charge in [0, 0.05) is 18.2 Å². The van der Waals surface area contributed by atoms with Gasteiger partial charge in [-0.2, -0.15) is 0 Å². The summed E-state index contributed by atoms with van der Waals surface area (Å²) in [5, 5.41) is 22.9. The highest BCUT2D eigenvalue weighted by Gasteiger charge is 2.50. The Kier molecular flexibility index (Phi) is 13.2. The minimum Gasteiger partial charge on any atom is -0.381 e. The molecule has 1 fully saturated rings. The third-order valence-corrected chi connectivity index (χ3v) is 9.55. The average Bonchev–Trinajstić information content (AvgIpc) is 3.34. The van der Waals surface area contributed by atoms with E-state index in [9.17, 15) is 29.1 Å². The molecule has 5 atom stereocenters. The topological polar surface area (TPSA) is 157 Å². The molecule has 0 radical (unpaired) electrons. The summed E-state index contributed by atoms with van der Waals surface area (Å²) in [7, 11) is 0. The Bertz CT molecular complexity index is 1430. The van der Waals surface area contributed by atoms with E-state index >= 15 is 0 Å². The van der Waals surface area contributed by atoms with Gasteiger partial charge in [0.05, 0.1) is 11.9 Å². The number of carbonyl (C=O) groups excluding carboxylic acids is 5. The van der Waals surface area contributed by atoms with Crippen LogP contribution >= 0.6 is 11.8 Å². The van der Waals surface area contributed by atoms with Gasteiger partial charge in [-0.15, -0.1) is 11.8 Å². The number of hydrogen-bond donors (Lipinski definition) is 5. The van der Waals surface area contributed by atoms with Crippen LogP contribution in [0.3, 0.4) is 0 Å². The number of nitrogens with zero attached hydrogens (tertiary/aromatic N) is 1. The Morgan fingerprint density at radius 3 is 2.04 bits per heavy atom. The molecular weight excluding hydrogens is 630 g/mol. The molecule has 0 saturated carbocycles. The second-order valence-electron chi connectivity index (χ2n) is 14.3. The maximum atomic E-state index is 14.1. The van der Waals surface area contributed by atoms with Crippen molar-refractivity contribution < 1.29 is 29.1 Å². The monoisotopic (exact) mass is 681 g/mol. The third kappa shape index (κ3) is 10.3. The standard InChI is InChI=1S/C36H51N5O6S/c1-22(2)20-37-33(46)30-36(7,8)48-21-41(30)34(47)28(43)26(19-24-15-11-9-12-16-24)39-32(45)29(35(4,5)6)40-31(44)27(38-23(3)42)25-17-13-10-14-18-25/h9-18,22,26-30,43H,19-21H2,1-8H3,(H,37,46)(H,38,42)(H,39,45)(H,40,44)/t26-,27-,28-,29+,30+/m0/s1. The minimum absolute atomic E-state index is 0.109. The number of nitrogens with one attached hydrogen (secondary N) is 4. The lowest BCUT2D eigenvalue weighted by atomic mass is 9.85. The van der Waals surface area contributed by atoms with Crippen molar-refractivity contribution in [3.05, 3.63) is 71.8 Å². The van der Waals surface area contributed by atoms with Gasteiger partial charge in [0.15, 0.2) is 6.10 Å². The molecule has 0 unspecified atom stereocenters. The molecule has 3 rings (SSSR count). The number of aliphatic hydroxyl groups excluding tert-OH is 1. The second kappa shape index (κ2) is 16.5. The molecule has 0 spiro atoms. The van der Waals surface area contributed by atoms with E-state index in [0.717, 1.165) is 5.56 Å². The normalized spacial score (nSPS) is 18.3. The first-order chi connectivity index (χ1) is 22.4. The van der Waals surface area contributed by atoms with Crippen LogP contribution < -0.4 is 21.3 Å². The van der Waals surface area contributed by atoms with Crippen LogP contribution in [0.2, 0.25) is 0 Å². The van der Waals surface area contributed by atoms with Gasteiger partial charge in [-0.1, -0.05) is 95.3 Å². The molecule has 0 aliphatic carbocycles. The lowest BCUT2D eigenvalue weighted by molar-refractivity contribution is -0.148. The second-order valence-corrected chi connectivity index (χ2v) is 15.9. The molecule has 11 nitrogen and oxygen atoms in total. The summed E-state index contributed by atoms with van der Waals surface area (Å²) in [6, 6.07) is 13.7. The number of benzene rings is 2. The van der Waals surface area contributed by atoms with Crippen molar-refractivity contribution in [2.75, 3.05) is 12.4 Å². The maximum absolute atomic E-state index is 14.1. The van der Waals surface area contributed by atoms with E-state index < -0.39 is 64.1 Å². The summed E-state index contributed by atoms with van der Waals surface area (Å²) in [6.45, 7) is 14.8. The zero-order valence-electron chi connectivity index (χ0n) is 29.2. The van der Waals surface area contributed by atoms with Gasteiger partial charge < -0.3 is 31.3 Å². The molecular formula is C36H51N5O6S. The first kappa shape index (κ1) is 38.5. The molecule has 2 aromatic rings. The van der Waals surface area contributed by atoms with Gasteiger partial charge >= 0.3 is 0 Å². The fraction of sp³-hybridized carbons (Fsp3) is 0.528. The van der Waals surface area contributed by atoms with Gasteiger partial charge in [0.1, 0.15) is 18.1 Å². The molecule has 5 N–H and O–H groups in total. The molecule has 0 bridgehead atoms. The number of aliphatic hydroxyl groups is 1. The minimum atomic E-state index is -1.70. The lowest BCUT2D eigenvalue weighted by Crippen LogP contribution is -2.62. The number of hydrogen-bond acceptors (Lipinski definition) is 7. The Balaban J connectivity index is 1.91. The molecule has 48 heavy (non-hydrogen) atoms. The molecule has 2 aromatic carbocycles. The molecule has 12 heteroatoms. The van der Waals surface area contributed by atoms with E-state index in [2.05, 4.69) is 21.3 Å². The third-order valence-electron chi connectivity index (χ3n) is 8.18. The number of carbonyl (C=O) groups is 5. The molecule has 1 saturated heterocycles. The zero-order valence-corrected chi connectivity index (χ0v) is 30.0. The largest absolute Gasteiger partial charge is 0.381 e. The van der Waals surface area contributed by atoms with E-state index in [1.165, 1.54) is 23.6 Å². The average molecular weight is 682 g/mol. The van der Waals surface area contributed by atoms with Gasteiger partial charge in [-0.3, -0.25) is 24.0 Å². The maximum Gasteiger partial charge on any atom is 0.254 e. The highest BCUT2D eigenvalue weighted by molar-refractivity contribution is 8.00. The summed E-state index contributed by atoms with van der Waals surface area (Å²) < 4.78 is -0.612. The van der Waals surface area contributed by atoms with Crippen LogP contribution in [-0.2, 0) is 30.4 Å². The molecule has 1 heterocycles. The van der Waals surface area contributed by atoms with Crippen LogP contribution in [0, 0.1) is 11.3 Å². The van der Waals surface area contributed by atoms with Crippen LogP contribution in [-0.4, -0.2) is 80.9 Å². The summed E-state index contributed by atoms with van der Waals surface area (Å²) in [5.41, 5.74) is 0.501. The number of thioether (sulfide) groups is 1. The van der Waals surface area contributed by atoms with Crippen molar-refractivity contribution in [1.82, 2.24) is 26.2 Å². The summed E-state index contributed by atoms with van der Waals surface area (Å²) >= 11 is 1.44. The van der Waals surface area contributed by atoms with Crippen LogP contribution in [0.25, 0.3) is 0 Å². The van der Waals surface area contributed by atoms with Crippen molar-refractivity contribution in [3.8, 4) is 0 Å². The SMILES string of the molecule is CC(=O)N[C@H](C(=O)N[C@H](C(=O)N[C@@H](Cc1ccccc1)[C@H](O)C(=O)N1CSC(C)(C)[C@H]1C(=O)NCC(C)C)C(C)(C)C)c1ccccc1. The molecule has 0 aromatic heterocycles. The van der Waals surface area contributed by atoms with Crippen LogP contribution in [0.1, 0.15) is 72.6 Å². The number of amides is 5. The lowest BCUT2D eigenvalue weighted by Gasteiger charge is -2.35. The van der Waals surface area contributed by atoms with E-state index in [4.69, 9.17) is 0 Å². The number of rotatable bonds is 13. The highest BCUT2D eigenvalue weighted by atomic mass is 32.2. The van der Waals surface area contributed by atoms with E-state index in [1.807, 2.05) is 58.0 Å². The van der Waals surface area contributed by atoms with Gasteiger partial charge in [0.25, 0.3) is 5.91 Å². The Morgan fingerprint density at radius 1 is 0.917 bits per heavy atom. The van der Waals surface area contributed by atoms with E-state index in [-0.39, 0.29) is 24.1 Å². The van der Waals surface area contributed by atoms with Crippen molar-refractivity contribution in [1.29, 1.82) is 0 Å². The first-order valence-corrected chi connectivity index (χ1v) is 17.3. The van der Waals surface area contributed by atoms with Crippen LogP contribution in [0.5, 0.6) is 0 Å². The Hall–Kier alpha value is -3.90. The van der Waals surface area contributed by atoms with Gasteiger partial charge in [0.2, 0.25) is 23.6 Å². The fourth-order valence-corrected chi connectivity index (χ4v) is 6.72. The smallest absolute Gasteiger partial charge is 0.254 e. The van der Waals surface area contributed by atoms with E-state index in [0.29, 0.717) is 12.1 Å². The summed E-state index contributed by atoms with van der Waals surface area (Å²) in [6.07, 6.45) is -1.59. The molecule has 1 aliphatic heterocycles. The Labute approximate surface area is 288 Å². The predicted octanol–water partition coefficient (Wildman–Crippen LogP) is 2.94. The predicted molar refractivity (Wildman–Crippen MR) is 187 cm³/mol. The quantitative estimate of drug-likeness (QED) is 0.218. The fourth-order valence-electron chi connectivity index (χ4n) is 5.58. The zero-order chi connectivity index (χ0) is 35.8. The first-order valence-electron chi connectivity index (χ1n) is 16.3.